The topological polar surface area (TPSA) is 88.6 Å². The Morgan fingerprint density at radius 3 is 2.35 bits per heavy atom. The summed E-state index contributed by atoms with van der Waals surface area (Å²) in [4.78, 5) is 17.4. The largest absolute Gasteiger partial charge is 0.496 e. The zero-order valence-electron chi connectivity index (χ0n) is 21.1. The third-order valence-corrected chi connectivity index (χ3v) is 8.66. The lowest BCUT2D eigenvalue weighted by molar-refractivity contribution is -0.132. The van der Waals surface area contributed by atoms with Crippen molar-refractivity contribution < 1.29 is 31.8 Å². The molecule has 0 radical (unpaired) electrons. The molecule has 2 aromatic rings. The van der Waals surface area contributed by atoms with E-state index in [0.29, 0.717) is 55.7 Å². The average molecular weight is 532 g/mol. The fourth-order valence-corrected chi connectivity index (χ4v) is 6.52. The Bertz CT molecular complexity index is 1340. The molecule has 0 aromatic heterocycles. The van der Waals surface area contributed by atoms with Crippen molar-refractivity contribution in [3.05, 3.63) is 58.9 Å². The zero-order chi connectivity index (χ0) is 26.3. The van der Waals surface area contributed by atoms with Crippen LogP contribution < -0.4 is 14.2 Å². The van der Waals surface area contributed by atoms with Crippen LogP contribution in [0.2, 0.25) is 0 Å². The molecule has 0 bridgehead atoms. The van der Waals surface area contributed by atoms with Gasteiger partial charge < -0.3 is 24.0 Å². The number of hydrogen-bond donors (Lipinski definition) is 0. The minimum Gasteiger partial charge on any atom is -0.496 e. The summed E-state index contributed by atoms with van der Waals surface area (Å²) in [7, 11) is 1.46. The van der Waals surface area contributed by atoms with Gasteiger partial charge in [0.05, 0.1) is 17.9 Å². The number of fused-ring (bicyclic) bond motifs is 1. The Balaban J connectivity index is 1.30. The number of amides is 1. The van der Waals surface area contributed by atoms with E-state index in [-0.39, 0.29) is 23.9 Å². The molecule has 0 aliphatic carbocycles. The van der Waals surface area contributed by atoms with Crippen LogP contribution in [0.3, 0.4) is 0 Å². The minimum absolute atomic E-state index is 0.145. The molecule has 3 heterocycles. The van der Waals surface area contributed by atoms with Gasteiger partial charge in [0, 0.05) is 44.4 Å². The Morgan fingerprint density at radius 2 is 1.70 bits per heavy atom. The van der Waals surface area contributed by atoms with Crippen LogP contribution in [0.1, 0.15) is 11.5 Å². The van der Waals surface area contributed by atoms with Gasteiger partial charge in [0.1, 0.15) is 24.8 Å². The van der Waals surface area contributed by atoms with Crippen LogP contribution in [0, 0.1) is 5.82 Å². The lowest BCUT2D eigenvalue weighted by Gasteiger charge is -2.29. The van der Waals surface area contributed by atoms with Crippen molar-refractivity contribution in [2.75, 3.05) is 67.1 Å². The van der Waals surface area contributed by atoms with Crippen LogP contribution in [0.5, 0.6) is 17.2 Å². The number of rotatable bonds is 7. The Labute approximate surface area is 216 Å². The lowest BCUT2D eigenvalue weighted by atomic mass is 9.95. The van der Waals surface area contributed by atoms with Crippen LogP contribution in [0.4, 0.5) is 4.39 Å². The summed E-state index contributed by atoms with van der Waals surface area (Å²) in [6.45, 7) is 2.29. The molecule has 0 saturated carbocycles. The van der Waals surface area contributed by atoms with Gasteiger partial charge in [-0.05, 0) is 55.6 Å². The fraction of sp³-hybridized carbons (Fsp3) is 0.423. The highest BCUT2D eigenvalue weighted by molar-refractivity contribution is 7.89. The van der Waals surface area contributed by atoms with E-state index >= 15 is 0 Å². The van der Waals surface area contributed by atoms with Gasteiger partial charge >= 0.3 is 0 Å². The average Bonchev–Trinajstić information content (AvgIpc) is 3.47. The third-order valence-electron chi connectivity index (χ3n) is 6.87. The third kappa shape index (κ3) is 4.90. The summed E-state index contributed by atoms with van der Waals surface area (Å²) in [6, 6.07) is 8.83. The molecule has 2 aromatic carbocycles. The van der Waals surface area contributed by atoms with Gasteiger partial charge in [-0.2, -0.15) is 4.31 Å². The van der Waals surface area contributed by atoms with Crippen LogP contribution in [0.15, 0.2) is 52.4 Å². The number of benzene rings is 2. The quantitative estimate of drug-likeness (QED) is 0.506. The van der Waals surface area contributed by atoms with E-state index in [2.05, 4.69) is 0 Å². The number of ether oxygens (including phenoxy) is 3. The summed E-state index contributed by atoms with van der Waals surface area (Å²) >= 11 is 0. The molecule has 1 amide bonds. The number of nitrogens with zero attached hydrogens (tertiary/aromatic N) is 3. The normalized spacial score (nSPS) is 18.4. The van der Waals surface area contributed by atoms with E-state index in [1.54, 1.807) is 11.0 Å². The number of hydrogen-bond acceptors (Lipinski definition) is 7. The number of likely N-dealkylation sites (N-methyl/N-ethyl adjacent to an activating group) is 1. The number of carbonyl (C=O) groups is 1. The molecular formula is C26H30FN3O6S. The van der Waals surface area contributed by atoms with E-state index in [1.165, 1.54) is 41.7 Å². The number of sulfonamides is 1. The molecule has 198 valence electrons. The zero-order valence-corrected chi connectivity index (χ0v) is 21.9. The van der Waals surface area contributed by atoms with Crippen molar-refractivity contribution in [3.8, 4) is 17.2 Å². The Hall–Kier alpha value is -3.15. The lowest BCUT2D eigenvalue weighted by Crippen LogP contribution is -2.40. The van der Waals surface area contributed by atoms with Crippen LogP contribution in [0.25, 0.3) is 0 Å². The van der Waals surface area contributed by atoms with Gasteiger partial charge in [0.2, 0.25) is 15.9 Å². The standard InChI is InChI=1S/C26H30FN3O6S/c1-28(2)16-22(21-10-19(27)4-6-23(21)34-3)26(31)29-12-17-14-30(15-18(17)13-29)37(32,33)20-5-7-24-25(11-20)36-9-8-35-24/h4-7,10-11,22H,8-9,12-16H2,1-3H3/t22-/m0/s1. The molecule has 3 aliphatic heterocycles. The van der Waals surface area contributed by atoms with Gasteiger partial charge in [-0.1, -0.05) is 0 Å². The molecule has 0 saturated heterocycles. The van der Waals surface area contributed by atoms with Crippen molar-refractivity contribution in [1.82, 2.24) is 14.1 Å². The minimum atomic E-state index is -3.75. The summed E-state index contributed by atoms with van der Waals surface area (Å²) in [5, 5.41) is 0. The molecule has 0 spiro atoms. The van der Waals surface area contributed by atoms with Gasteiger partial charge in [-0.3, -0.25) is 4.79 Å². The van der Waals surface area contributed by atoms with Gasteiger partial charge in [0.25, 0.3) is 0 Å². The van der Waals surface area contributed by atoms with Crippen LogP contribution >= 0.6 is 0 Å². The highest BCUT2D eigenvalue weighted by Gasteiger charge is 2.40. The van der Waals surface area contributed by atoms with Crippen LogP contribution in [-0.2, 0) is 14.8 Å². The number of methoxy groups -OCH3 is 1. The monoisotopic (exact) mass is 531 g/mol. The van der Waals surface area contributed by atoms with Crippen molar-refractivity contribution in [2.45, 2.75) is 10.8 Å². The second-order valence-corrected chi connectivity index (χ2v) is 11.6. The molecule has 3 aliphatic rings. The molecule has 9 nitrogen and oxygen atoms in total. The Morgan fingerprint density at radius 1 is 1.03 bits per heavy atom. The molecule has 0 N–H and O–H groups in total. The highest BCUT2D eigenvalue weighted by Crippen LogP contribution is 2.37. The molecule has 1 atom stereocenters. The SMILES string of the molecule is COc1ccc(F)cc1[C@H](CN(C)C)C(=O)N1CC2=C(C1)CN(S(=O)(=O)c1ccc3c(c1)OCCO3)C2. The van der Waals surface area contributed by atoms with Crippen molar-refractivity contribution in [1.29, 1.82) is 0 Å². The predicted octanol–water partition coefficient (Wildman–Crippen LogP) is 2.09. The Kier molecular flexibility index (Phi) is 6.86. The van der Waals surface area contributed by atoms with E-state index in [1.807, 2.05) is 19.0 Å². The van der Waals surface area contributed by atoms with E-state index in [9.17, 15) is 17.6 Å². The highest BCUT2D eigenvalue weighted by atomic mass is 32.2. The molecular weight excluding hydrogens is 501 g/mol. The first-order chi connectivity index (χ1) is 17.7. The number of carbonyl (C=O) groups excluding carboxylic acids is 1. The molecule has 37 heavy (non-hydrogen) atoms. The molecule has 11 heteroatoms. The number of halogens is 1. The second kappa shape index (κ2) is 9.96. The molecule has 0 unspecified atom stereocenters. The summed E-state index contributed by atoms with van der Waals surface area (Å²) in [5.74, 6) is 0.200. The first-order valence-electron chi connectivity index (χ1n) is 12.0. The van der Waals surface area contributed by atoms with E-state index in [4.69, 9.17) is 14.2 Å². The first kappa shape index (κ1) is 25.5. The van der Waals surface area contributed by atoms with E-state index in [0.717, 1.165) is 11.1 Å². The molecule has 0 fully saturated rings. The molecule has 5 rings (SSSR count). The fourth-order valence-electron chi connectivity index (χ4n) is 5.08. The van der Waals surface area contributed by atoms with E-state index < -0.39 is 21.8 Å². The van der Waals surface area contributed by atoms with Crippen LogP contribution in [-0.4, -0.2) is 95.6 Å². The maximum atomic E-state index is 14.1. The first-order valence-corrected chi connectivity index (χ1v) is 13.5. The van der Waals surface area contributed by atoms with Crippen molar-refractivity contribution in [3.63, 3.8) is 0 Å². The maximum absolute atomic E-state index is 14.1. The summed E-state index contributed by atoms with van der Waals surface area (Å²) < 4.78 is 58.7. The van der Waals surface area contributed by atoms with Crippen molar-refractivity contribution in [2.24, 2.45) is 0 Å². The second-order valence-electron chi connectivity index (χ2n) is 9.68. The van der Waals surface area contributed by atoms with Gasteiger partial charge in [0.15, 0.2) is 11.5 Å². The van der Waals surface area contributed by atoms with Crippen molar-refractivity contribution >= 4 is 15.9 Å². The summed E-state index contributed by atoms with van der Waals surface area (Å²) in [5.41, 5.74) is 2.34. The smallest absolute Gasteiger partial charge is 0.243 e. The predicted molar refractivity (Wildman–Crippen MR) is 134 cm³/mol. The van der Waals surface area contributed by atoms with Gasteiger partial charge in [-0.25, -0.2) is 12.8 Å². The summed E-state index contributed by atoms with van der Waals surface area (Å²) in [6.07, 6.45) is 0. The maximum Gasteiger partial charge on any atom is 0.243 e. The van der Waals surface area contributed by atoms with Gasteiger partial charge in [-0.15, -0.1) is 0 Å².